The van der Waals surface area contributed by atoms with Crippen molar-refractivity contribution >= 4 is 11.5 Å². The van der Waals surface area contributed by atoms with E-state index < -0.39 is 0 Å². The van der Waals surface area contributed by atoms with E-state index in [-0.39, 0.29) is 0 Å². The Balaban J connectivity index is 1.53. The Morgan fingerprint density at radius 3 is 2.88 bits per heavy atom. The van der Waals surface area contributed by atoms with Crippen LogP contribution in [0.3, 0.4) is 0 Å². The molecule has 2 atom stereocenters. The second-order valence-corrected chi connectivity index (χ2v) is 6.82. The molecule has 4 rings (SSSR count). The maximum Gasteiger partial charge on any atom is 0.178 e. The van der Waals surface area contributed by atoms with Crippen molar-refractivity contribution in [3.05, 3.63) is 35.9 Å². The fraction of sp³-hybridized carbons (Fsp3) is 0.529. The van der Waals surface area contributed by atoms with E-state index in [4.69, 9.17) is 0 Å². The van der Waals surface area contributed by atoms with Crippen molar-refractivity contribution in [2.24, 2.45) is 13.0 Å². The lowest BCUT2D eigenvalue weighted by atomic mass is 9.87. The molecule has 25 heavy (non-hydrogen) atoms. The standard InChI is InChI=1S/C17H24N8/c1-12-20-21-16-7-6-15(22-25(12)16)18-11-13-5-4-10-23(2)17(13)14-8-9-19-24(14)3/h6-9,13,17H,4-5,10-11H2,1-3H3,(H,18,22)/t13-,17+/m0/s1. The van der Waals surface area contributed by atoms with Gasteiger partial charge in [0.1, 0.15) is 5.82 Å². The second-order valence-electron chi connectivity index (χ2n) is 6.82. The molecule has 3 aromatic rings. The highest BCUT2D eigenvalue weighted by Crippen LogP contribution is 2.34. The van der Waals surface area contributed by atoms with Crippen LogP contribution in [0.4, 0.5) is 5.82 Å². The van der Waals surface area contributed by atoms with Gasteiger partial charge in [-0.15, -0.1) is 15.3 Å². The van der Waals surface area contributed by atoms with Crippen LogP contribution in [0, 0.1) is 12.8 Å². The molecule has 132 valence electrons. The first kappa shape index (κ1) is 16.0. The SMILES string of the molecule is Cc1nnc2ccc(NC[C@@H]3CCCN(C)[C@H]3c3ccnn3C)nn12. The highest BCUT2D eigenvalue weighted by molar-refractivity contribution is 5.43. The average Bonchev–Trinajstić information content (AvgIpc) is 3.19. The Hall–Kier alpha value is -2.48. The molecule has 0 aliphatic carbocycles. The number of piperidine rings is 1. The van der Waals surface area contributed by atoms with Gasteiger partial charge in [0.15, 0.2) is 11.5 Å². The molecule has 1 N–H and O–H groups in total. The molecule has 4 heterocycles. The van der Waals surface area contributed by atoms with E-state index in [1.807, 2.05) is 37.0 Å². The number of nitrogens with zero attached hydrogens (tertiary/aromatic N) is 7. The molecule has 8 nitrogen and oxygen atoms in total. The first-order valence-corrected chi connectivity index (χ1v) is 8.74. The summed E-state index contributed by atoms with van der Waals surface area (Å²) in [4.78, 5) is 2.44. The highest BCUT2D eigenvalue weighted by atomic mass is 15.4. The van der Waals surface area contributed by atoms with Crippen LogP contribution < -0.4 is 5.32 Å². The average molecular weight is 340 g/mol. The predicted molar refractivity (Wildman–Crippen MR) is 95.3 cm³/mol. The summed E-state index contributed by atoms with van der Waals surface area (Å²) >= 11 is 0. The van der Waals surface area contributed by atoms with Gasteiger partial charge in [0.05, 0.1) is 11.7 Å². The highest BCUT2D eigenvalue weighted by Gasteiger charge is 2.32. The van der Waals surface area contributed by atoms with Gasteiger partial charge in [0, 0.05) is 19.8 Å². The number of aromatic nitrogens is 6. The van der Waals surface area contributed by atoms with Crippen molar-refractivity contribution in [3.8, 4) is 0 Å². The minimum Gasteiger partial charge on any atom is -0.368 e. The molecule has 3 aromatic heterocycles. The van der Waals surface area contributed by atoms with Crippen LogP contribution in [0.1, 0.15) is 30.4 Å². The monoisotopic (exact) mass is 340 g/mol. The minimum absolute atomic E-state index is 0.370. The third kappa shape index (κ3) is 2.97. The third-order valence-corrected chi connectivity index (χ3v) is 5.13. The molecule has 1 aliphatic heterocycles. The normalized spacial score (nSPS) is 21.7. The summed E-state index contributed by atoms with van der Waals surface area (Å²) in [5, 5.41) is 20.6. The molecule has 0 amide bonds. The van der Waals surface area contributed by atoms with E-state index in [1.54, 1.807) is 4.52 Å². The van der Waals surface area contributed by atoms with Crippen molar-refractivity contribution < 1.29 is 0 Å². The number of anilines is 1. The molecule has 1 fully saturated rings. The largest absolute Gasteiger partial charge is 0.368 e. The Bertz CT molecular complexity index is 867. The van der Waals surface area contributed by atoms with Crippen LogP contribution in [0.5, 0.6) is 0 Å². The molecule has 1 aliphatic rings. The van der Waals surface area contributed by atoms with Gasteiger partial charge in [-0.2, -0.15) is 9.61 Å². The molecule has 0 radical (unpaired) electrons. The van der Waals surface area contributed by atoms with Crippen LogP contribution in [-0.4, -0.2) is 54.6 Å². The predicted octanol–water partition coefficient (Wildman–Crippen LogP) is 1.66. The lowest BCUT2D eigenvalue weighted by Gasteiger charge is -2.39. The van der Waals surface area contributed by atoms with Gasteiger partial charge in [-0.1, -0.05) is 0 Å². The van der Waals surface area contributed by atoms with Crippen LogP contribution >= 0.6 is 0 Å². The molecule has 1 saturated heterocycles. The third-order valence-electron chi connectivity index (χ3n) is 5.13. The number of rotatable bonds is 4. The van der Waals surface area contributed by atoms with Gasteiger partial charge in [-0.25, -0.2) is 0 Å². The topological polar surface area (TPSA) is 76.2 Å². The Labute approximate surface area is 146 Å². The Kier molecular flexibility index (Phi) is 4.12. The van der Waals surface area contributed by atoms with E-state index in [2.05, 4.69) is 43.7 Å². The van der Waals surface area contributed by atoms with E-state index in [0.29, 0.717) is 12.0 Å². The summed E-state index contributed by atoms with van der Waals surface area (Å²) in [6, 6.07) is 6.41. The summed E-state index contributed by atoms with van der Waals surface area (Å²) in [6.07, 6.45) is 4.29. The van der Waals surface area contributed by atoms with Gasteiger partial charge in [-0.05, 0) is 57.5 Å². The fourth-order valence-electron chi connectivity index (χ4n) is 3.84. The van der Waals surface area contributed by atoms with Crippen LogP contribution in [-0.2, 0) is 7.05 Å². The lowest BCUT2D eigenvalue weighted by molar-refractivity contribution is 0.121. The van der Waals surface area contributed by atoms with E-state index in [1.165, 1.54) is 18.5 Å². The smallest absolute Gasteiger partial charge is 0.178 e. The van der Waals surface area contributed by atoms with Gasteiger partial charge < -0.3 is 5.32 Å². The number of hydrogen-bond donors (Lipinski definition) is 1. The van der Waals surface area contributed by atoms with E-state index >= 15 is 0 Å². The van der Waals surface area contributed by atoms with Crippen molar-refractivity contribution in [2.75, 3.05) is 25.5 Å². The van der Waals surface area contributed by atoms with E-state index in [9.17, 15) is 0 Å². The molecule has 0 unspecified atom stereocenters. The summed E-state index contributed by atoms with van der Waals surface area (Å²) in [6.45, 7) is 3.90. The number of nitrogens with one attached hydrogen (secondary N) is 1. The lowest BCUT2D eigenvalue weighted by Crippen LogP contribution is -2.40. The minimum atomic E-state index is 0.370. The zero-order valence-corrected chi connectivity index (χ0v) is 14.9. The van der Waals surface area contributed by atoms with Gasteiger partial charge in [0.2, 0.25) is 0 Å². The maximum atomic E-state index is 4.59. The molecular weight excluding hydrogens is 316 g/mol. The number of fused-ring (bicyclic) bond motifs is 1. The van der Waals surface area contributed by atoms with Crippen molar-refractivity contribution in [3.63, 3.8) is 0 Å². The van der Waals surface area contributed by atoms with Crippen LogP contribution in [0.15, 0.2) is 24.4 Å². The summed E-state index contributed by atoms with van der Waals surface area (Å²) in [5.74, 6) is 2.16. The van der Waals surface area contributed by atoms with Crippen molar-refractivity contribution in [1.82, 2.24) is 34.5 Å². The number of aryl methyl sites for hydroxylation is 2. The summed E-state index contributed by atoms with van der Waals surface area (Å²) in [5.41, 5.74) is 2.04. The molecular formula is C17H24N8. The Morgan fingerprint density at radius 2 is 2.08 bits per heavy atom. The van der Waals surface area contributed by atoms with Crippen LogP contribution in [0.25, 0.3) is 5.65 Å². The zero-order valence-electron chi connectivity index (χ0n) is 14.9. The summed E-state index contributed by atoms with van der Waals surface area (Å²) in [7, 11) is 4.22. The zero-order chi connectivity index (χ0) is 17.4. The molecule has 0 spiro atoms. The fourth-order valence-corrected chi connectivity index (χ4v) is 3.84. The number of hydrogen-bond acceptors (Lipinski definition) is 6. The van der Waals surface area contributed by atoms with Crippen molar-refractivity contribution in [1.29, 1.82) is 0 Å². The first-order chi connectivity index (χ1) is 12.1. The quantitative estimate of drug-likeness (QED) is 0.778. The van der Waals surface area contributed by atoms with Crippen molar-refractivity contribution in [2.45, 2.75) is 25.8 Å². The molecule has 0 saturated carbocycles. The van der Waals surface area contributed by atoms with Gasteiger partial charge in [0.25, 0.3) is 0 Å². The maximum absolute atomic E-state index is 4.59. The van der Waals surface area contributed by atoms with Gasteiger partial charge >= 0.3 is 0 Å². The van der Waals surface area contributed by atoms with E-state index in [0.717, 1.165) is 30.4 Å². The molecule has 0 bridgehead atoms. The second kappa shape index (κ2) is 6.44. The molecule has 0 aromatic carbocycles. The summed E-state index contributed by atoms with van der Waals surface area (Å²) < 4.78 is 3.76. The van der Waals surface area contributed by atoms with Gasteiger partial charge in [-0.3, -0.25) is 9.58 Å². The number of likely N-dealkylation sites (tertiary alicyclic amines) is 1. The van der Waals surface area contributed by atoms with Crippen LogP contribution in [0.2, 0.25) is 0 Å². The first-order valence-electron chi connectivity index (χ1n) is 8.74. The molecule has 8 heteroatoms. The Morgan fingerprint density at radius 1 is 1.20 bits per heavy atom.